The van der Waals surface area contributed by atoms with Gasteiger partial charge in [0.1, 0.15) is 22.8 Å². The lowest BCUT2D eigenvalue weighted by Gasteiger charge is -2.27. The third-order valence-corrected chi connectivity index (χ3v) is 3.98. The number of carbonyl (C=O) groups is 1. The fraction of sp³-hybridized carbons (Fsp3) is 0.611. The second-order valence-electron chi connectivity index (χ2n) is 6.75. The van der Waals surface area contributed by atoms with Crippen LogP contribution in [0.4, 0.5) is 10.6 Å². The second-order valence-corrected chi connectivity index (χ2v) is 7.13. The van der Waals surface area contributed by atoms with Crippen LogP contribution in [-0.4, -0.2) is 43.1 Å². The number of aromatic nitrogens is 1. The second kappa shape index (κ2) is 9.15. The molecule has 2 N–H and O–H groups in total. The fourth-order valence-electron chi connectivity index (χ4n) is 2.34. The molecule has 0 spiro atoms. The van der Waals surface area contributed by atoms with E-state index in [1.165, 1.54) is 0 Å². The lowest BCUT2D eigenvalue weighted by Crippen LogP contribution is -2.37. The summed E-state index contributed by atoms with van der Waals surface area (Å²) >= 11 is 6.26. The van der Waals surface area contributed by atoms with Gasteiger partial charge in [-0.25, -0.2) is 4.79 Å². The van der Waals surface area contributed by atoms with E-state index < -0.39 is 11.7 Å². The molecule has 7 heteroatoms. The molecule has 25 heavy (non-hydrogen) atoms. The first-order valence-corrected chi connectivity index (χ1v) is 8.82. The molecule has 0 aliphatic rings. The first-order chi connectivity index (χ1) is 11.6. The van der Waals surface area contributed by atoms with Crippen molar-refractivity contribution in [3.8, 4) is 0 Å². The molecule has 0 aromatic carbocycles. The van der Waals surface area contributed by atoms with E-state index in [-0.39, 0.29) is 6.23 Å². The number of halogens is 1. The number of ether oxygens (including phenoxy) is 2. The van der Waals surface area contributed by atoms with Crippen LogP contribution < -0.4 is 10.2 Å². The van der Waals surface area contributed by atoms with E-state index in [0.29, 0.717) is 18.3 Å². The van der Waals surface area contributed by atoms with Crippen LogP contribution in [0.5, 0.6) is 0 Å². The molecule has 142 valence electrons. The van der Waals surface area contributed by atoms with Crippen LogP contribution in [0.3, 0.4) is 0 Å². The highest BCUT2D eigenvalue weighted by molar-refractivity contribution is 6.30. The number of alkyl carbamates (subject to hydrolysis) is 1. The molecule has 0 bridgehead atoms. The number of H-pyrrole nitrogens is 1. The van der Waals surface area contributed by atoms with Gasteiger partial charge in [-0.1, -0.05) is 31.2 Å². The highest BCUT2D eigenvalue weighted by Gasteiger charge is 2.20. The summed E-state index contributed by atoms with van der Waals surface area (Å²) in [4.78, 5) is 16.7. The molecule has 1 atom stereocenters. The van der Waals surface area contributed by atoms with Gasteiger partial charge in [0.25, 0.3) is 0 Å². The fourth-order valence-corrected chi connectivity index (χ4v) is 2.67. The van der Waals surface area contributed by atoms with Crippen molar-refractivity contribution in [3.63, 3.8) is 0 Å². The van der Waals surface area contributed by atoms with Crippen LogP contribution in [0.2, 0.25) is 5.15 Å². The summed E-state index contributed by atoms with van der Waals surface area (Å²) in [5.41, 5.74) is 1.51. The van der Waals surface area contributed by atoms with Crippen molar-refractivity contribution < 1.29 is 14.3 Å². The van der Waals surface area contributed by atoms with Gasteiger partial charge in [-0.05, 0) is 39.7 Å². The molecule has 1 unspecified atom stereocenters. The summed E-state index contributed by atoms with van der Waals surface area (Å²) < 4.78 is 11.0. The lowest BCUT2D eigenvalue weighted by molar-refractivity contribution is 0.0435. The summed E-state index contributed by atoms with van der Waals surface area (Å²) in [6.07, 6.45) is 1.96. The van der Waals surface area contributed by atoms with Crippen LogP contribution in [0.25, 0.3) is 6.08 Å². The Kier molecular flexibility index (Phi) is 7.83. The van der Waals surface area contributed by atoms with Gasteiger partial charge < -0.3 is 24.7 Å². The Hall–Kier alpha value is -1.66. The molecular formula is C18H30ClN3O3. The lowest BCUT2D eigenvalue weighted by atomic mass is 10.1. The molecule has 1 aromatic heterocycles. The number of nitrogens with one attached hydrogen (secondary N) is 2. The number of hydrogen-bond acceptors (Lipinski definition) is 4. The van der Waals surface area contributed by atoms with Gasteiger partial charge in [0.05, 0.1) is 6.61 Å². The zero-order chi connectivity index (χ0) is 19.2. The zero-order valence-electron chi connectivity index (χ0n) is 16.0. The zero-order valence-corrected chi connectivity index (χ0v) is 16.8. The minimum atomic E-state index is -0.511. The van der Waals surface area contributed by atoms with Crippen LogP contribution in [-0.2, 0) is 15.9 Å². The Morgan fingerprint density at radius 1 is 1.48 bits per heavy atom. The van der Waals surface area contributed by atoms with Crippen molar-refractivity contribution in [2.45, 2.75) is 52.9 Å². The first-order valence-electron chi connectivity index (χ1n) is 8.44. The average Bonchev–Trinajstić information content (AvgIpc) is 2.84. The molecule has 0 aliphatic heterocycles. The Balaban J connectivity index is 2.54. The number of aromatic amines is 1. The number of amides is 1. The van der Waals surface area contributed by atoms with Gasteiger partial charge in [-0.3, -0.25) is 0 Å². The predicted octanol–water partition coefficient (Wildman–Crippen LogP) is 4.20. The molecule has 6 nitrogen and oxygen atoms in total. The third-order valence-electron chi connectivity index (χ3n) is 3.66. The topological polar surface area (TPSA) is 66.6 Å². The van der Waals surface area contributed by atoms with Gasteiger partial charge in [0, 0.05) is 19.2 Å². The largest absolute Gasteiger partial charge is 0.444 e. The maximum Gasteiger partial charge on any atom is 0.407 e. The summed E-state index contributed by atoms with van der Waals surface area (Å²) in [5, 5.41) is 3.29. The van der Waals surface area contributed by atoms with E-state index >= 15 is 0 Å². The molecule has 1 heterocycles. The molecular weight excluding hydrogens is 342 g/mol. The number of nitrogens with zero attached hydrogens (tertiary/aromatic N) is 1. The molecule has 1 rings (SSSR count). The van der Waals surface area contributed by atoms with Gasteiger partial charge in [-0.15, -0.1) is 0 Å². The van der Waals surface area contributed by atoms with Gasteiger partial charge in [0.2, 0.25) is 0 Å². The predicted molar refractivity (Wildman–Crippen MR) is 103 cm³/mol. The van der Waals surface area contributed by atoms with E-state index in [9.17, 15) is 4.79 Å². The van der Waals surface area contributed by atoms with Crippen molar-refractivity contribution in [1.29, 1.82) is 0 Å². The van der Waals surface area contributed by atoms with Crippen molar-refractivity contribution >= 4 is 29.6 Å². The van der Waals surface area contributed by atoms with Crippen molar-refractivity contribution in [1.82, 2.24) is 10.3 Å². The summed E-state index contributed by atoms with van der Waals surface area (Å²) in [6.45, 7) is 14.1. The highest BCUT2D eigenvalue weighted by Crippen LogP contribution is 2.31. The van der Waals surface area contributed by atoms with E-state index in [2.05, 4.69) is 16.9 Å². The van der Waals surface area contributed by atoms with Crippen LogP contribution >= 0.6 is 11.6 Å². The number of hydrogen-bond donors (Lipinski definition) is 2. The minimum Gasteiger partial charge on any atom is -0.444 e. The number of rotatable bonds is 8. The van der Waals surface area contributed by atoms with Crippen LogP contribution in [0.1, 0.15) is 45.7 Å². The highest BCUT2D eigenvalue weighted by atomic mass is 35.5. The molecule has 1 aromatic rings. The van der Waals surface area contributed by atoms with E-state index in [4.69, 9.17) is 21.1 Å². The first kappa shape index (κ1) is 21.4. The summed E-state index contributed by atoms with van der Waals surface area (Å²) in [7, 11) is 1.92. The normalized spacial score (nSPS) is 12.6. The molecule has 0 fully saturated rings. The maximum absolute atomic E-state index is 11.6. The average molecular weight is 372 g/mol. The SMILES string of the molecule is C=Cc1c(N(C)C(C)OCCNC(=O)OC(C)(C)C)[nH]c(Cl)c1CC. The molecule has 1 amide bonds. The monoisotopic (exact) mass is 371 g/mol. The van der Waals surface area contributed by atoms with Gasteiger partial charge >= 0.3 is 6.09 Å². The molecule has 0 saturated carbocycles. The van der Waals surface area contributed by atoms with Crippen LogP contribution in [0.15, 0.2) is 6.58 Å². The Morgan fingerprint density at radius 3 is 2.64 bits per heavy atom. The standard InChI is InChI=1S/C18H30ClN3O3/c1-8-13-14(9-2)16(21-15(13)19)22(7)12(3)24-11-10-20-17(23)25-18(4,5)6/h9,12,21H,2,8,10-11H2,1,3-7H3,(H,20,23). The quantitative estimate of drug-likeness (QED) is 0.531. The molecule has 0 aliphatic carbocycles. The molecule has 0 radical (unpaired) electrons. The van der Waals surface area contributed by atoms with E-state index in [1.54, 1.807) is 6.08 Å². The Bertz CT molecular complexity index is 593. The van der Waals surface area contributed by atoms with Gasteiger partial charge in [-0.2, -0.15) is 0 Å². The summed E-state index contributed by atoms with van der Waals surface area (Å²) in [6, 6.07) is 0. The van der Waals surface area contributed by atoms with Crippen molar-refractivity contribution in [2.75, 3.05) is 25.1 Å². The maximum atomic E-state index is 11.6. The van der Waals surface area contributed by atoms with Gasteiger partial charge in [0.15, 0.2) is 0 Å². The number of carbonyl (C=O) groups excluding carboxylic acids is 1. The molecule has 0 saturated heterocycles. The number of anilines is 1. The van der Waals surface area contributed by atoms with E-state index in [0.717, 1.165) is 23.4 Å². The minimum absolute atomic E-state index is 0.210. The van der Waals surface area contributed by atoms with E-state index in [1.807, 2.05) is 46.6 Å². The van der Waals surface area contributed by atoms with Crippen molar-refractivity contribution in [3.05, 3.63) is 22.9 Å². The van der Waals surface area contributed by atoms with Crippen molar-refractivity contribution in [2.24, 2.45) is 0 Å². The Morgan fingerprint density at radius 2 is 2.12 bits per heavy atom. The van der Waals surface area contributed by atoms with Crippen LogP contribution in [0, 0.1) is 0 Å². The third kappa shape index (κ3) is 6.29. The smallest absolute Gasteiger partial charge is 0.407 e. The Labute approximate surface area is 155 Å². The summed E-state index contributed by atoms with van der Waals surface area (Å²) in [5.74, 6) is 0.865.